The van der Waals surface area contributed by atoms with Crippen LogP contribution < -0.4 is 11.1 Å². The number of hydrogen-bond donors (Lipinski definition) is 2. The molecule has 104 valence electrons. The van der Waals surface area contributed by atoms with Crippen LogP contribution in [0.1, 0.15) is 15.9 Å². The van der Waals surface area contributed by atoms with E-state index in [9.17, 15) is 4.79 Å². The number of ether oxygens (including phenoxy) is 1. The van der Waals surface area contributed by atoms with Gasteiger partial charge in [-0.3, -0.25) is 0 Å². The van der Waals surface area contributed by atoms with Crippen molar-refractivity contribution in [3.8, 4) is 0 Å². The zero-order chi connectivity index (χ0) is 14.5. The molecule has 5 heteroatoms. The van der Waals surface area contributed by atoms with Crippen LogP contribution in [-0.2, 0) is 11.3 Å². The van der Waals surface area contributed by atoms with E-state index in [0.717, 1.165) is 10.0 Å². The van der Waals surface area contributed by atoms with Crippen molar-refractivity contribution in [2.45, 2.75) is 6.54 Å². The van der Waals surface area contributed by atoms with Crippen LogP contribution >= 0.6 is 15.9 Å². The number of benzene rings is 2. The third kappa shape index (κ3) is 3.30. The minimum atomic E-state index is -0.408. The lowest BCUT2D eigenvalue weighted by atomic mass is 10.1. The molecule has 0 aliphatic carbocycles. The normalized spacial score (nSPS) is 10.1. The van der Waals surface area contributed by atoms with Gasteiger partial charge in [-0.25, -0.2) is 4.79 Å². The molecule has 0 spiro atoms. The zero-order valence-corrected chi connectivity index (χ0v) is 12.6. The van der Waals surface area contributed by atoms with Crippen molar-refractivity contribution >= 4 is 33.3 Å². The molecule has 2 rings (SSSR count). The Bertz CT molecular complexity index is 629. The molecule has 0 bridgehead atoms. The monoisotopic (exact) mass is 334 g/mol. The van der Waals surface area contributed by atoms with E-state index in [4.69, 9.17) is 10.5 Å². The molecule has 4 nitrogen and oxygen atoms in total. The minimum Gasteiger partial charge on any atom is -0.465 e. The van der Waals surface area contributed by atoms with Crippen LogP contribution in [0.15, 0.2) is 46.9 Å². The molecule has 2 aromatic carbocycles. The zero-order valence-electron chi connectivity index (χ0n) is 11.0. The predicted molar refractivity (Wildman–Crippen MR) is 83.7 cm³/mol. The molecular weight excluding hydrogens is 320 g/mol. The van der Waals surface area contributed by atoms with Gasteiger partial charge in [0.2, 0.25) is 0 Å². The fourth-order valence-electron chi connectivity index (χ4n) is 1.88. The van der Waals surface area contributed by atoms with Gasteiger partial charge in [0.15, 0.2) is 0 Å². The van der Waals surface area contributed by atoms with Crippen LogP contribution in [0.2, 0.25) is 0 Å². The standard InChI is InChI=1S/C15H15BrN2O2/c1-20-15(19)12-6-3-7-13(17)14(12)18-9-10-4-2-5-11(16)8-10/h2-8,18H,9,17H2,1H3. The average molecular weight is 335 g/mol. The maximum absolute atomic E-state index is 11.7. The summed E-state index contributed by atoms with van der Waals surface area (Å²) in [4.78, 5) is 11.7. The molecule has 0 amide bonds. The highest BCUT2D eigenvalue weighted by atomic mass is 79.9. The lowest BCUT2D eigenvalue weighted by Gasteiger charge is -2.13. The molecule has 0 aliphatic rings. The summed E-state index contributed by atoms with van der Waals surface area (Å²) in [5.41, 5.74) is 8.56. The lowest BCUT2D eigenvalue weighted by Crippen LogP contribution is -2.10. The van der Waals surface area contributed by atoms with Gasteiger partial charge in [-0.15, -0.1) is 0 Å². The Morgan fingerprint density at radius 2 is 2.05 bits per heavy atom. The summed E-state index contributed by atoms with van der Waals surface area (Å²) >= 11 is 3.43. The topological polar surface area (TPSA) is 64.3 Å². The molecular formula is C15H15BrN2O2. The summed E-state index contributed by atoms with van der Waals surface area (Å²) in [5, 5.41) is 3.19. The molecule has 0 atom stereocenters. The number of rotatable bonds is 4. The Kier molecular flexibility index (Phi) is 4.63. The lowest BCUT2D eigenvalue weighted by molar-refractivity contribution is 0.0602. The Morgan fingerprint density at radius 3 is 2.75 bits per heavy atom. The van der Waals surface area contributed by atoms with Gasteiger partial charge in [-0.1, -0.05) is 34.1 Å². The van der Waals surface area contributed by atoms with Crippen molar-refractivity contribution < 1.29 is 9.53 Å². The molecule has 0 radical (unpaired) electrons. The second kappa shape index (κ2) is 6.43. The smallest absolute Gasteiger partial charge is 0.340 e. The van der Waals surface area contributed by atoms with Gasteiger partial charge >= 0.3 is 5.97 Å². The quantitative estimate of drug-likeness (QED) is 0.664. The Balaban J connectivity index is 2.23. The number of nitrogens with two attached hydrogens (primary N) is 1. The highest BCUT2D eigenvalue weighted by molar-refractivity contribution is 9.10. The first-order valence-electron chi connectivity index (χ1n) is 6.07. The SMILES string of the molecule is COC(=O)c1cccc(N)c1NCc1cccc(Br)c1. The Morgan fingerprint density at radius 1 is 1.30 bits per heavy atom. The van der Waals surface area contributed by atoms with Gasteiger partial charge in [0.1, 0.15) is 0 Å². The van der Waals surface area contributed by atoms with Crippen molar-refractivity contribution in [2.24, 2.45) is 0 Å². The first-order valence-corrected chi connectivity index (χ1v) is 6.86. The summed E-state index contributed by atoms with van der Waals surface area (Å²) < 4.78 is 5.77. The molecule has 0 aliphatic heterocycles. The maximum Gasteiger partial charge on any atom is 0.340 e. The Hall–Kier alpha value is -2.01. The largest absolute Gasteiger partial charge is 0.465 e. The average Bonchev–Trinajstić information content (AvgIpc) is 2.45. The van der Waals surface area contributed by atoms with E-state index in [1.165, 1.54) is 7.11 Å². The highest BCUT2D eigenvalue weighted by Crippen LogP contribution is 2.25. The van der Waals surface area contributed by atoms with Crippen LogP contribution in [0.3, 0.4) is 0 Å². The summed E-state index contributed by atoms with van der Waals surface area (Å²) in [5.74, 6) is -0.408. The fourth-order valence-corrected chi connectivity index (χ4v) is 2.33. The van der Waals surface area contributed by atoms with Crippen LogP contribution in [0, 0.1) is 0 Å². The number of esters is 1. The van der Waals surface area contributed by atoms with Gasteiger partial charge in [-0.05, 0) is 29.8 Å². The molecule has 0 unspecified atom stereocenters. The number of hydrogen-bond acceptors (Lipinski definition) is 4. The molecule has 20 heavy (non-hydrogen) atoms. The van der Waals surface area contributed by atoms with Gasteiger partial charge in [0.05, 0.1) is 24.0 Å². The number of halogens is 1. The minimum absolute atomic E-state index is 0.408. The van der Waals surface area contributed by atoms with Crippen LogP contribution in [-0.4, -0.2) is 13.1 Å². The van der Waals surface area contributed by atoms with Gasteiger partial charge in [-0.2, -0.15) is 0 Å². The summed E-state index contributed by atoms with van der Waals surface area (Å²) in [6.07, 6.45) is 0. The van der Waals surface area contributed by atoms with Crippen molar-refractivity contribution in [2.75, 3.05) is 18.2 Å². The van der Waals surface area contributed by atoms with Gasteiger partial charge in [0.25, 0.3) is 0 Å². The van der Waals surface area contributed by atoms with E-state index in [1.54, 1.807) is 18.2 Å². The summed E-state index contributed by atoms with van der Waals surface area (Å²) in [7, 11) is 1.35. The Labute approximate surface area is 126 Å². The molecule has 0 aromatic heterocycles. The third-order valence-corrected chi connectivity index (χ3v) is 3.35. The third-order valence-electron chi connectivity index (χ3n) is 2.86. The number of carbonyl (C=O) groups excluding carboxylic acids is 1. The number of carbonyl (C=O) groups is 1. The van der Waals surface area contributed by atoms with Crippen LogP contribution in [0.5, 0.6) is 0 Å². The second-order valence-corrected chi connectivity index (χ2v) is 5.16. The molecule has 0 heterocycles. The molecule has 0 saturated heterocycles. The first kappa shape index (κ1) is 14.4. The van der Waals surface area contributed by atoms with Crippen LogP contribution in [0.4, 0.5) is 11.4 Å². The second-order valence-electron chi connectivity index (χ2n) is 4.24. The summed E-state index contributed by atoms with van der Waals surface area (Å²) in [6.45, 7) is 0.567. The number of anilines is 2. The van der Waals surface area contributed by atoms with Crippen LogP contribution in [0.25, 0.3) is 0 Å². The predicted octanol–water partition coefficient (Wildman–Crippen LogP) is 3.43. The number of nitrogen functional groups attached to an aromatic ring is 1. The summed E-state index contributed by atoms with van der Waals surface area (Å²) in [6, 6.07) is 13.1. The molecule has 2 aromatic rings. The first-order chi connectivity index (χ1) is 9.61. The van der Waals surface area contributed by atoms with E-state index in [1.807, 2.05) is 24.3 Å². The van der Waals surface area contributed by atoms with Crippen molar-refractivity contribution in [3.63, 3.8) is 0 Å². The van der Waals surface area contributed by atoms with E-state index >= 15 is 0 Å². The number of nitrogens with one attached hydrogen (secondary N) is 1. The van der Waals surface area contributed by atoms with Gasteiger partial charge < -0.3 is 15.8 Å². The van der Waals surface area contributed by atoms with Gasteiger partial charge in [0, 0.05) is 11.0 Å². The van der Waals surface area contributed by atoms with Crippen molar-refractivity contribution in [3.05, 3.63) is 58.1 Å². The van der Waals surface area contributed by atoms with Crippen molar-refractivity contribution in [1.82, 2.24) is 0 Å². The molecule has 0 saturated carbocycles. The van der Waals surface area contributed by atoms with E-state index in [-0.39, 0.29) is 0 Å². The number of para-hydroxylation sites is 1. The van der Waals surface area contributed by atoms with E-state index in [2.05, 4.69) is 21.2 Å². The van der Waals surface area contributed by atoms with E-state index in [0.29, 0.717) is 23.5 Å². The fraction of sp³-hybridized carbons (Fsp3) is 0.133. The highest BCUT2D eigenvalue weighted by Gasteiger charge is 2.13. The number of methoxy groups -OCH3 is 1. The van der Waals surface area contributed by atoms with Crippen molar-refractivity contribution in [1.29, 1.82) is 0 Å². The molecule has 0 fully saturated rings. The van der Waals surface area contributed by atoms with E-state index < -0.39 is 5.97 Å². The molecule has 3 N–H and O–H groups in total. The maximum atomic E-state index is 11.7.